The summed E-state index contributed by atoms with van der Waals surface area (Å²) in [5.74, 6) is 0.911. The highest BCUT2D eigenvalue weighted by molar-refractivity contribution is 5.97. The SMILES string of the molecule is COc1cccc(-c2nnn(CC(=O)Nc3cccc(N4CCCC4=O)c3)n2)c1. The first-order chi connectivity index (χ1) is 14.1. The molecule has 0 aliphatic carbocycles. The third kappa shape index (κ3) is 4.23. The van der Waals surface area contributed by atoms with Crippen molar-refractivity contribution in [1.29, 1.82) is 0 Å². The maximum absolute atomic E-state index is 12.4. The molecule has 0 radical (unpaired) electrons. The van der Waals surface area contributed by atoms with E-state index in [0.717, 1.165) is 17.7 Å². The van der Waals surface area contributed by atoms with E-state index in [4.69, 9.17) is 4.74 Å². The molecule has 29 heavy (non-hydrogen) atoms. The Morgan fingerprint density at radius 1 is 1.21 bits per heavy atom. The van der Waals surface area contributed by atoms with Gasteiger partial charge in [0.1, 0.15) is 12.3 Å². The van der Waals surface area contributed by atoms with Gasteiger partial charge in [-0.1, -0.05) is 18.2 Å². The summed E-state index contributed by atoms with van der Waals surface area (Å²) >= 11 is 0. The molecular formula is C20H20N6O3. The van der Waals surface area contributed by atoms with E-state index in [2.05, 4.69) is 20.7 Å². The van der Waals surface area contributed by atoms with Gasteiger partial charge in [-0.05, 0) is 42.0 Å². The normalized spacial score (nSPS) is 13.6. The zero-order chi connectivity index (χ0) is 20.2. The molecule has 0 saturated carbocycles. The molecule has 0 atom stereocenters. The predicted molar refractivity (Wildman–Crippen MR) is 106 cm³/mol. The summed E-state index contributed by atoms with van der Waals surface area (Å²) in [6.07, 6.45) is 1.41. The number of ether oxygens (including phenoxy) is 1. The molecule has 2 heterocycles. The van der Waals surface area contributed by atoms with Crippen LogP contribution in [-0.4, -0.2) is 45.7 Å². The second-order valence-corrected chi connectivity index (χ2v) is 6.62. The first-order valence-electron chi connectivity index (χ1n) is 9.25. The summed E-state index contributed by atoms with van der Waals surface area (Å²) in [4.78, 5) is 27.3. The van der Waals surface area contributed by atoms with Crippen molar-refractivity contribution >= 4 is 23.2 Å². The fraction of sp³-hybridized carbons (Fsp3) is 0.250. The molecule has 1 fully saturated rings. The molecule has 148 valence electrons. The number of tetrazole rings is 1. The van der Waals surface area contributed by atoms with Gasteiger partial charge in [-0.2, -0.15) is 4.80 Å². The van der Waals surface area contributed by atoms with Crippen LogP contribution >= 0.6 is 0 Å². The van der Waals surface area contributed by atoms with Crippen molar-refractivity contribution in [2.45, 2.75) is 19.4 Å². The molecular weight excluding hydrogens is 372 g/mol. The van der Waals surface area contributed by atoms with Crippen LogP contribution in [0.3, 0.4) is 0 Å². The molecule has 1 aliphatic rings. The minimum absolute atomic E-state index is 0.0795. The lowest BCUT2D eigenvalue weighted by atomic mass is 10.2. The van der Waals surface area contributed by atoms with Crippen LogP contribution in [0.2, 0.25) is 0 Å². The fourth-order valence-electron chi connectivity index (χ4n) is 3.19. The Balaban J connectivity index is 1.41. The molecule has 3 aromatic rings. The van der Waals surface area contributed by atoms with Crippen LogP contribution in [0.5, 0.6) is 5.75 Å². The van der Waals surface area contributed by atoms with Gasteiger partial charge in [-0.25, -0.2) is 0 Å². The number of amides is 2. The molecule has 1 aromatic heterocycles. The van der Waals surface area contributed by atoms with E-state index in [9.17, 15) is 9.59 Å². The molecule has 2 aromatic carbocycles. The molecule has 1 saturated heterocycles. The lowest BCUT2D eigenvalue weighted by Gasteiger charge is -2.16. The van der Waals surface area contributed by atoms with Crippen molar-refractivity contribution < 1.29 is 14.3 Å². The van der Waals surface area contributed by atoms with E-state index >= 15 is 0 Å². The average Bonchev–Trinajstić information content (AvgIpc) is 3.37. The van der Waals surface area contributed by atoms with Crippen LogP contribution in [-0.2, 0) is 16.1 Å². The number of nitrogens with one attached hydrogen (secondary N) is 1. The van der Waals surface area contributed by atoms with Gasteiger partial charge in [0, 0.05) is 29.9 Å². The first-order valence-corrected chi connectivity index (χ1v) is 9.25. The van der Waals surface area contributed by atoms with Gasteiger partial charge in [0.25, 0.3) is 0 Å². The highest BCUT2D eigenvalue weighted by atomic mass is 16.5. The Morgan fingerprint density at radius 2 is 2.07 bits per heavy atom. The Bertz CT molecular complexity index is 1050. The van der Waals surface area contributed by atoms with E-state index in [1.165, 1.54) is 4.80 Å². The van der Waals surface area contributed by atoms with Crippen molar-refractivity contribution in [3.63, 3.8) is 0 Å². The van der Waals surface area contributed by atoms with Gasteiger partial charge in [0.2, 0.25) is 17.6 Å². The monoisotopic (exact) mass is 392 g/mol. The first kappa shape index (κ1) is 18.6. The van der Waals surface area contributed by atoms with E-state index in [0.29, 0.717) is 30.2 Å². The molecule has 9 heteroatoms. The number of rotatable bonds is 6. The topological polar surface area (TPSA) is 102 Å². The molecule has 1 N–H and O–H groups in total. The van der Waals surface area contributed by atoms with Crippen molar-refractivity contribution in [2.24, 2.45) is 0 Å². The summed E-state index contributed by atoms with van der Waals surface area (Å²) in [5, 5.41) is 15.0. The van der Waals surface area contributed by atoms with Crippen LogP contribution in [0.25, 0.3) is 11.4 Å². The number of methoxy groups -OCH3 is 1. The third-order valence-corrected chi connectivity index (χ3v) is 4.58. The molecule has 4 rings (SSSR count). The number of hydrogen-bond donors (Lipinski definition) is 1. The molecule has 1 aliphatic heterocycles. The zero-order valence-corrected chi connectivity index (χ0v) is 15.9. The third-order valence-electron chi connectivity index (χ3n) is 4.58. The Kier molecular flexibility index (Phi) is 5.19. The Morgan fingerprint density at radius 3 is 2.86 bits per heavy atom. The van der Waals surface area contributed by atoms with Gasteiger partial charge >= 0.3 is 0 Å². The number of aromatic nitrogens is 4. The smallest absolute Gasteiger partial charge is 0.248 e. The quantitative estimate of drug-likeness (QED) is 0.689. The molecule has 0 spiro atoms. The fourth-order valence-corrected chi connectivity index (χ4v) is 3.19. The number of nitrogens with zero attached hydrogens (tertiary/aromatic N) is 5. The highest BCUT2D eigenvalue weighted by Crippen LogP contribution is 2.24. The van der Waals surface area contributed by atoms with Crippen molar-refractivity contribution in [3.05, 3.63) is 48.5 Å². The number of carbonyl (C=O) groups is 2. The van der Waals surface area contributed by atoms with Crippen molar-refractivity contribution in [3.8, 4) is 17.1 Å². The van der Waals surface area contributed by atoms with Crippen LogP contribution in [0, 0.1) is 0 Å². The summed E-state index contributed by atoms with van der Waals surface area (Å²) in [6.45, 7) is 0.621. The lowest BCUT2D eigenvalue weighted by Crippen LogP contribution is -2.24. The van der Waals surface area contributed by atoms with Crippen molar-refractivity contribution in [1.82, 2.24) is 20.2 Å². The minimum Gasteiger partial charge on any atom is -0.497 e. The van der Waals surface area contributed by atoms with E-state index < -0.39 is 0 Å². The van der Waals surface area contributed by atoms with Crippen LogP contribution in [0.15, 0.2) is 48.5 Å². The highest BCUT2D eigenvalue weighted by Gasteiger charge is 2.21. The predicted octanol–water partition coefficient (Wildman–Crippen LogP) is 2.11. The summed E-state index contributed by atoms with van der Waals surface area (Å²) in [5.41, 5.74) is 2.14. The molecule has 2 amide bonds. The maximum atomic E-state index is 12.4. The van der Waals surface area contributed by atoms with Gasteiger partial charge in [-0.3, -0.25) is 9.59 Å². The van der Waals surface area contributed by atoms with Crippen LogP contribution < -0.4 is 15.0 Å². The largest absolute Gasteiger partial charge is 0.497 e. The minimum atomic E-state index is -0.288. The number of anilines is 2. The van der Waals surface area contributed by atoms with Crippen molar-refractivity contribution in [2.75, 3.05) is 23.9 Å². The van der Waals surface area contributed by atoms with E-state index in [1.54, 1.807) is 30.2 Å². The van der Waals surface area contributed by atoms with Crippen LogP contribution in [0.4, 0.5) is 11.4 Å². The van der Waals surface area contributed by atoms with Crippen LogP contribution in [0.1, 0.15) is 12.8 Å². The number of hydrogen-bond acceptors (Lipinski definition) is 6. The molecule has 0 unspecified atom stereocenters. The summed E-state index contributed by atoms with van der Waals surface area (Å²) in [7, 11) is 1.59. The molecule has 9 nitrogen and oxygen atoms in total. The van der Waals surface area contributed by atoms with Gasteiger partial charge < -0.3 is 15.0 Å². The van der Waals surface area contributed by atoms with E-state index in [1.807, 2.05) is 30.3 Å². The van der Waals surface area contributed by atoms with Gasteiger partial charge in [0.05, 0.1) is 7.11 Å². The summed E-state index contributed by atoms with van der Waals surface area (Å²) < 4.78 is 5.20. The average molecular weight is 392 g/mol. The Hall–Kier alpha value is -3.75. The maximum Gasteiger partial charge on any atom is 0.248 e. The van der Waals surface area contributed by atoms with Gasteiger partial charge in [-0.15, -0.1) is 10.2 Å². The zero-order valence-electron chi connectivity index (χ0n) is 15.9. The van der Waals surface area contributed by atoms with Gasteiger partial charge in [0.15, 0.2) is 0 Å². The number of benzene rings is 2. The summed E-state index contributed by atoms with van der Waals surface area (Å²) in [6, 6.07) is 14.5. The second-order valence-electron chi connectivity index (χ2n) is 6.62. The van der Waals surface area contributed by atoms with E-state index in [-0.39, 0.29) is 18.4 Å². The Labute approximate surface area is 167 Å². The second kappa shape index (κ2) is 8.09. The standard InChI is InChI=1S/C20H20N6O3/c1-29-17-8-2-5-14(11-17)20-22-24-26(23-20)13-18(27)21-15-6-3-7-16(12-15)25-10-4-9-19(25)28/h2-3,5-8,11-12H,4,9-10,13H2,1H3,(H,21,27). The lowest BCUT2D eigenvalue weighted by molar-refractivity contribution is -0.117. The number of carbonyl (C=O) groups excluding carboxylic acids is 2. The molecule has 0 bridgehead atoms.